The Morgan fingerprint density at radius 2 is 1.82 bits per heavy atom. The van der Waals surface area contributed by atoms with Crippen LogP contribution in [0, 0.1) is 17.3 Å². The van der Waals surface area contributed by atoms with Crippen LogP contribution in [0.4, 0.5) is 0 Å². The van der Waals surface area contributed by atoms with Gasteiger partial charge in [0, 0.05) is 6.54 Å². The highest BCUT2D eigenvalue weighted by Crippen LogP contribution is 2.65. The van der Waals surface area contributed by atoms with Crippen molar-refractivity contribution in [1.82, 2.24) is 5.32 Å². The Morgan fingerprint density at radius 1 is 1.14 bits per heavy atom. The van der Waals surface area contributed by atoms with Crippen molar-refractivity contribution in [3.63, 3.8) is 0 Å². The Balaban J connectivity index is 1.68. The molecular formula is C20H27NO. The van der Waals surface area contributed by atoms with Crippen molar-refractivity contribution in [2.45, 2.75) is 57.3 Å². The molecule has 2 nitrogen and oxygen atoms in total. The van der Waals surface area contributed by atoms with E-state index in [1.807, 2.05) is 0 Å². The Kier molecular flexibility index (Phi) is 3.32. The van der Waals surface area contributed by atoms with Crippen molar-refractivity contribution >= 4 is 5.91 Å². The standard InChI is InChI=1S/C20H27NO/c1-2-8-21-18(22)20-12-15-9-16(13-20)11-19(10-15,14-20)17-6-4-3-5-7-17/h3-7,15-16H,2,8-14H2,1H3,(H,21,22)/t15-,16-,19?,20?/m1/s1. The number of hydrogen-bond acceptors (Lipinski definition) is 1. The molecule has 4 bridgehead atoms. The van der Waals surface area contributed by atoms with E-state index >= 15 is 0 Å². The summed E-state index contributed by atoms with van der Waals surface area (Å²) < 4.78 is 0. The fourth-order valence-electron chi connectivity index (χ4n) is 6.08. The van der Waals surface area contributed by atoms with Gasteiger partial charge >= 0.3 is 0 Å². The smallest absolute Gasteiger partial charge is 0.226 e. The van der Waals surface area contributed by atoms with Crippen LogP contribution in [0.1, 0.15) is 57.4 Å². The van der Waals surface area contributed by atoms with Gasteiger partial charge in [0.05, 0.1) is 5.41 Å². The number of carbonyl (C=O) groups excluding carboxylic acids is 1. The van der Waals surface area contributed by atoms with E-state index in [0.717, 1.165) is 44.1 Å². The minimum atomic E-state index is -0.0743. The van der Waals surface area contributed by atoms with Crippen molar-refractivity contribution in [3.05, 3.63) is 35.9 Å². The maximum Gasteiger partial charge on any atom is 0.226 e. The van der Waals surface area contributed by atoms with Gasteiger partial charge in [-0.1, -0.05) is 37.3 Å². The first kappa shape index (κ1) is 14.3. The number of benzene rings is 1. The van der Waals surface area contributed by atoms with Crippen LogP contribution in [-0.4, -0.2) is 12.5 Å². The fraction of sp³-hybridized carbons (Fsp3) is 0.650. The molecule has 0 heterocycles. The lowest BCUT2D eigenvalue weighted by Gasteiger charge is -2.61. The van der Waals surface area contributed by atoms with Gasteiger partial charge in [-0.05, 0) is 67.8 Å². The predicted octanol–water partition coefficient (Wildman–Crippen LogP) is 4.05. The summed E-state index contributed by atoms with van der Waals surface area (Å²) in [6.45, 7) is 2.96. The number of carbonyl (C=O) groups is 1. The number of nitrogens with one attached hydrogen (secondary N) is 1. The maximum absolute atomic E-state index is 12.9. The molecular weight excluding hydrogens is 270 g/mol. The lowest BCUT2D eigenvalue weighted by atomic mass is 9.42. The predicted molar refractivity (Wildman–Crippen MR) is 88.5 cm³/mol. The first-order chi connectivity index (χ1) is 10.7. The number of amides is 1. The van der Waals surface area contributed by atoms with Crippen LogP contribution in [0.3, 0.4) is 0 Å². The maximum atomic E-state index is 12.9. The van der Waals surface area contributed by atoms with Gasteiger partial charge in [-0.25, -0.2) is 0 Å². The van der Waals surface area contributed by atoms with Gasteiger partial charge in [0.2, 0.25) is 5.91 Å². The summed E-state index contributed by atoms with van der Waals surface area (Å²) in [5, 5.41) is 3.22. The normalized spacial score (nSPS) is 39.0. The molecule has 4 aliphatic carbocycles. The summed E-state index contributed by atoms with van der Waals surface area (Å²) in [4.78, 5) is 12.9. The summed E-state index contributed by atoms with van der Waals surface area (Å²) in [6, 6.07) is 11.0. The zero-order valence-electron chi connectivity index (χ0n) is 13.6. The first-order valence-electron chi connectivity index (χ1n) is 9.00. The Hall–Kier alpha value is -1.31. The van der Waals surface area contributed by atoms with E-state index in [-0.39, 0.29) is 10.8 Å². The molecule has 2 heteroatoms. The molecule has 4 aliphatic rings. The van der Waals surface area contributed by atoms with E-state index < -0.39 is 0 Å². The average molecular weight is 297 g/mol. The van der Waals surface area contributed by atoms with Gasteiger partial charge in [-0.15, -0.1) is 0 Å². The van der Waals surface area contributed by atoms with Crippen LogP contribution in [0.25, 0.3) is 0 Å². The topological polar surface area (TPSA) is 29.1 Å². The van der Waals surface area contributed by atoms with Crippen LogP contribution in [0.5, 0.6) is 0 Å². The Morgan fingerprint density at radius 3 is 2.45 bits per heavy atom. The van der Waals surface area contributed by atoms with Crippen LogP contribution in [0.15, 0.2) is 30.3 Å². The number of rotatable bonds is 4. The zero-order chi connectivity index (χ0) is 15.2. The summed E-state index contributed by atoms with van der Waals surface area (Å²) in [5.74, 6) is 1.87. The average Bonchev–Trinajstić information content (AvgIpc) is 2.52. The van der Waals surface area contributed by atoms with Gasteiger partial charge in [0.25, 0.3) is 0 Å². The molecule has 0 saturated heterocycles. The highest BCUT2D eigenvalue weighted by Gasteiger charge is 2.60. The van der Waals surface area contributed by atoms with Crippen LogP contribution in [0.2, 0.25) is 0 Å². The number of hydrogen-bond donors (Lipinski definition) is 1. The minimum absolute atomic E-state index is 0.0743. The largest absolute Gasteiger partial charge is 0.356 e. The molecule has 0 aliphatic heterocycles. The van der Waals surface area contributed by atoms with Crippen LogP contribution < -0.4 is 5.32 Å². The molecule has 1 N–H and O–H groups in total. The second-order valence-electron chi connectivity index (χ2n) is 8.14. The van der Waals surface area contributed by atoms with Gasteiger partial charge in [-0.2, -0.15) is 0 Å². The highest BCUT2D eigenvalue weighted by molar-refractivity contribution is 5.83. The molecule has 1 aromatic rings. The van der Waals surface area contributed by atoms with E-state index in [2.05, 4.69) is 42.6 Å². The van der Waals surface area contributed by atoms with Crippen LogP contribution in [-0.2, 0) is 10.2 Å². The van der Waals surface area contributed by atoms with Crippen molar-refractivity contribution in [2.75, 3.05) is 6.54 Å². The minimum Gasteiger partial charge on any atom is -0.356 e. The lowest BCUT2D eigenvalue weighted by molar-refractivity contribution is -0.149. The third-order valence-corrected chi connectivity index (χ3v) is 6.46. The van der Waals surface area contributed by atoms with E-state index in [1.54, 1.807) is 0 Å². The van der Waals surface area contributed by atoms with Crippen LogP contribution >= 0.6 is 0 Å². The molecule has 4 fully saturated rings. The molecule has 22 heavy (non-hydrogen) atoms. The van der Waals surface area contributed by atoms with Gasteiger partial charge < -0.3 is 5.32 Å². The van der Waals surface area contributed by atoms with E-state index in [1.165, 1.54) is 24.8 Å². The second-order valence-corrected chi connectivity index (χ2v) is 8.14. The highest BCUT2D eigenvalue weighted by atomic mass is 16.2. The van der Waals surface area contributed by atoms with Gasteiger partial charge in [-0.3, -0.25) is 4.79 Å². The SMILES string of the molecule is CCCNC(=O)C12C[C@@H]3C[C@@H](C1)CC(c1ccccc1)(C3)C2. The van der Waals surface area contributed by atoms with E-state index in [9.17, 15) is 4.79 Å². The molecule has 4 saturated carbocycles. The van der Waals surface area contributed by atoms with E-state index in [0.29, 0.717) is 5.91 Å². The molecule has 0 radical (unpaired) electrons. The summed E-state index contributed by atoms with van der Waals surface area (Å²) in [5.41, 5.74) is 1.68. The fourth-order valence-corrected chi connectivity index (χ4v) is 6.08. The molecule has 118 valence electrons. The molecule has 2 atom stereocenters. The van der Waals surface area contributed by atoms with Crippen molar-refractivity contribution in [2.24, 2.45) is 17.3 Å². The monoisotopic (exact) mass is 297 g/mol. The summed E-state index contributed by atoms with van der Waals surface area (Å²) >= 11 is 0. The quantitative estimate of drug-likeness (QED) is 0.892. The van der Waals surface area contributed by atoms with Gasteiger partial charge in [0.15, 0.2) is 0 Å². The molecule has 0 aromatic heterocycles. The third-order valence-electron chi connectivity index (χ3n) is 6.46. The van der Waals surface area contributed by atoms with Crippen molar-refractivity contribution < 1.29 is 4.79 Å². The molecule has 0 spiro atoms. The van der Waals surface area contributed by atoms with Crippen molar-refractivity contribution in [3.8, 4) is 0 Å². The van der Waals surface area contributed by atoms with Crippen molar-refractivity contribution in [1.29, 1.82) is 0 Å². The summed E-state index contributed by atoms with van der Waals surface area (Å²) in [7, 11) is 0. The molecule has 0 unspecified atom stereocenters. The lowest BCUT2D eigenvalue weighted by Crippen LogP contribution is -2.59. The molecule has 1 aromatic carbocycles. The summed E-state index contributed by atoms with van der Waals surface area (Å²) in [6.07, 6.45) is 8.33. The van der Waals surface area contributed by atoms with Gasteiger partial charge in [0.1, 0.15) is 0 Å². The Labute approximate surface area is 133 Å². The zero-order valence-corrected chi connectivity index (χ0v) is 13.6. The third kappa shape index (κ3) is 2.11. The molecule has 1 amide bonds. The Bertz CT molecular complexity index is 550. The van der Waals surface area contributed by atoms with E-state index in [4.69, 9.17) is 0 Å². The molecule has 5 rings (SSSR count). The first-order valence-corrected chi connectivity index (χ1v) is 9.00. The second kappa shape index (κ2) is 5.11.